The standard InChI is InChI=1S/C36H44N4O17/c1-16(32(47)39-24-11-10-21-8-6-7-9-22(21)28(24)34(49)40-25(35(50)51)12-13-27(45)46)38-33(48)23(37)14-53-36-31(56-20(5)44)30(55-19(4)43)29(54-18(3)42)26(57-36)15-52-17(2)41/h6-11,16,23,25-26,29-31,36H,12-15,37H2,1-5H3,(H,38,48)(H,39,47)(H,40,49)(H,45,46)(H,50,51)/t16-,23+,25?,26?,29+,30?,31+,36-/m1/s1. The van der Waals surface area contributed by atoms with Crippen LogP contribution in [0.25, 0.3) is 10.8 Å². The second-order valence-electron chi connectivity index (χ2n) is 12.7. The molecule has 3 amide bonds. The van der Waals surface area contributed by atoms with E-state index < -0.39 is 128 Å². The summed E-state index contributed by atoms with van der Waals surface area (Å²) in [7, 11) is 0. The molecular weight excluding hydrogens is 760 g/mol. The van der Waals surface area contributed by atoms with Gasteiger partial charge in [-0.3, -0.25) is 38.4 Å². The summed E-state index contributed by atoms with van der Waals surface area (Å²) < 4.78 is 32.5. The van der Waals surface area contributed by atoms with Gasteiger partial charge in [0.1, 0.15) is 30.8 Å². The van der Waals surface area contributed by atoms with Crippen LogP contribution in [-0.4, -0.2) is 126 Å². The molecule has 310 valence electrons. The van der Waals surface area contributed by atoms with Crippen molar-refractivity contribution in [2.24, 2.45) is 5.73 Å². The third kappa shape index (κ3) is 13.2. The summed E-state index contributed by atoms with van der Waals surface area (Å²) in [6, 6.07) is 5.12. The van der Waals surface area contributed by atoms with Gasteiger partial charge in [-0.05, 0) is 30.2 Å². The molecule has 2 aromatic carbocycles. The molecule has 0 aliphatic carbocycles. The van der Waals surface area contributed by atoms with E-state index in [0.29, 0.717) is 10.8 Å². The number of aliphatic carboxylic acids is 2. The van der Waals surface area contributed by atoms with Crippen molar-refractivity contribution in [2.45, 2.75) is 96.3 Å². The largest absolute Gasteiger partial charge is 0.481 e. The first-order valence-electron chi connectivity index (χ1n) is 17.3. The van der Waals surface area contributed by atoms with Crippen LogP contribution in [0.1, 0.15) is 57.8 Å². The summed E-state index contributed by atoms with van der Waals surface area (Å²) >= 11 is 0. The van der Waals surface area contributed by atoms with E-state index in [1.165, 1.54) is 13.0 Å². The van der Waals surface area contributed by atoms with E-state index in [9.17, 15) is 48.3 Å². The Bertz CT molecular complexity index is 1870. The van der Waals surface area contributed by atoms with Gasteiger partial charge in [-0.15, -0.1) is 0 Å². The lowest BCUT2D eigenvalue weighted by Gasteiger charge is -2.44. The minimum atomic E-state index is -1.63. The number of hydrogen-bond donors (Lipinski definition) is 6. The molecular formula is C36H44N4O17. The topological polar surface area (TPSA) is 312 Å². The van der Waals surface area contributed by atoms with Gasteiger partial charge in [0.05, 0.1) is 17.9 Å². The smallest absolute Gasteiger partial charge is 0.326 e. The molecule has 57 heavy (non-hydrogen) atoms. The van der Waals surface area contributed by atoms with Crippen LogP contribution in [0.3, 0.4) is 0 Å². The molecule has 0 aromatic heterocycles. The average molecular weight is 805 g/mol. The maximum atomic E-state index is 13.5. The number of nitrogens with one attached hydrogen (secondary N) is 3. The SMILES string of the molecule is CC(=O)OCC1O[C@@H](OC[C@H](N)C(=O)N[C@H](C)C(=O)Nc2ccc3ccccc3c2C(=O)NC(CCC(=O)O)C(=O)O)[C@@H](OC(C)=O)C(OC(C)=O)[C@H]1OC(C)=O. The molecule has 3 unspecified atom stereocenters. The van der Waals surface area contributed by atoms with Crippen LogP contribution in [0.4, 0.5) is 5.69 Å². The molecule has 21 heteroatoms. The number of carboxylic acid groups (broad SMARTS) is 2. The Morgan fingerprint density at radius 3 is 2.00 bits per heavy atom. The van der Waals surface area contributed by atoms with Gasteiger partial charge in [-0.2, -0.15) is 0 Å². The van der Waals surface area contributed by atoms with Crippen molar-refractivity contribution in [3.05, 3.63) is 42.0 Å². The number of anilines is 1. The number of ether oxygens (including phenoxy) is 6. The predicted octanol–water partition coefficient (Wildman–Crippen LogP) is -0.242. The van der Waals surface area contributed by atoms with E-state index in [4.69, 9.17) is 39.3 Å². The summed E-state index contributed by atoms with van der Waals surface area (Å²) in [6.45, 7) is 4.34. The predicted molar refractivity (Wildman–Crippen MR) is 192 cm³/mol. The van der Waals surface area contributed by atoms with Gasteiger partial charge in [-0.25, -0.2) is 4.79 Å². The van der Waals surface area contributed by atoms with Crippen LogP contribution < -0.4 is 21.7 Å². The summed E-state index contributed by atoms with van der Waals surface area (Å²) in [5, 5.41) is 26.7. The first-order chi connectivity index (χ1) is 26.8. The van der Waals surface area contributed by atoms with Crippen molar-refractivity contribution in [1.82, 2.24) is 10.6 Å². The Kier molecular flexibility index (Phi) is 16.4. The average Bonchev–Trinajstić information content (AvgIpc) is 3.12. The summed E-state index contributed by atoms with van der Waals surface area (Å²) in [5.74, 6) is -8.75. The Morgan fingerprint density at radius 2 is 1.40 bits per heavy atom. The molecule has 0 saturated carbocycles. The normalized spacial score (nSPS) is 20.4. The number of carbonyl (C=O) groups is 9. The summed E-state index contributed by atoms with van der Waals surface area (Å²) in [6.07, 6.45) is -8.48. The lowest BCUT2D eigenvalue weighted by Crippen LogP contribution is -2.63. The first kappa shape index (κ1) is 45.2. The van der Waals surface area contributed by atoms with Gasteiger partial charge in [0.25, 0.3) is 5.91 Å². The van der Waals surface area contributed by atoms with Crippen LogP contribution in [0.5, 0.6) is 0 Å². The number of nitrogens with two attached hydrogens (primary N) is 1. The maximum absolute atomic E-state index is 13.5. The van der Waals surface area contributed by atoms with Crippen LogP contribution in [0, 0.1) is 0 Å². The zero-order valence-corrected chi connectivity index (χ0v) is 31.5. The van der Waals surface area contributed by atoms with E-state index >= 15 is 0 Å². The lowest BCUT2D eigenvalue weighted by molar-refractivity contribution is -0.308. The van der Waals surface area contributed by atoms with Crippen molar-refractivity contribution in [3.63, 3.8) is 0 Å². The Morgan fingerprint density at radius 1 is 0.789 bits per heavy atom. The molecule has 0 radical (unpaired) electrons. The monoisotopic (exact) mass is 804 g/mol. The quantitative estimate of drug-likeness (QED) is 0.0836. The number of amides is 3. The molecule has 1 fully saturated rings. The summed E-state index contributed by atoms with van der Waals surface area (Å²) in [4.78, 5) is 111. The minimum absolute atomic E-state index is 0.0593. The Balaban J connectivity index is 1.78. The first-order valence-corrected chi connectivity index (χ1v) is 17.3. The Hall–Kier alpha value is -6.19. The lowest BCUT2D eigenvalue weighted by atomic mass is 9.98. The molecule has 21 nitrogen and oxygen atoms in total. The third-order valence-corrected chi connectivity index (χ3v) is 8.14. The number of fused-ring (bicyclic) bond motifs is 1. The fraction of sp³-hybridized carbons (Fsp3) is 0.472. The van der Waals surface area contributed by atoms with Crippen molar-refractivity contribution < 1.29 is 81.8 Å². The van der Waals surface area contributed by atoms with E-state index in [0.717, 1.165) is 27.7 Å². The molecule has 1 heterocycles. The minimum Gasteiger partial charge on any atom is -0.481 e. The van der Waals surface area contributed by atoms with Crippen molar-refractivity contribution in [1.29, 1.82) is 0 Å². The Labute approximate surface area is 324 Å². The molecule has 1 aliphatic heterocycles. The fourth-order valence-electron chi connectivity index (χ4n) is 5.60. The highest BCUT2D eigenvalue weighted by atomic mass is 16.7. The summed E-state index contributed by atoms with van der Waals surface area (Å²) in [5.41, 5.74) is 5.88. The highest BCUT2D eigenvalue weighted by Gasteiger charge is 2.53. The van der Waals surface area contributed by atoms with Gasteiger partial charge in [-0.1, -0.05) is 30.3 Å². The molecule has 1 saturated heterocycles. The van der Waals surface area contributed by atoms with Gasteiger partial charge in [0.15, 0.2) is 24.6 Å². The van der Waals surface area contributed by atoms with Crippen LogP contribution >= 0.6 is 0 Å². The van der Waals surface area contributed by atoms with E-state index in [1.807, 2.05) is 0 Å². The molecule has 0 spiro atoms. The van der Waals surface area contributed by atoms with Crippen molar-refractivity contribution in [2.75, 3.05) is 18.5 Å². The maximum Gasteiger partial charge on any atom is 0.326 e. The van der Waals surface area contributed by atoms with E-state index in [2.05, 4.69) is 16.0 Å². The molecule has 3 rings (SSSR count). The third-order valence-electron chi connectivity index (χ3n) is 8.14. The van der Waals surface area contributed by atoms with Crippen LogP contribution in [0.2, 0.25) is 0 Å². The molecule has 0 bridgehead atoms. The van der Waals surface area contributed by atoms with Crippen molar-refractivity contribution in [3.8, 4) is 0 Å². The van der Waals surface area contributed by atoms with E-state index in [1.54, 1.807) is 30.3 Å². The highest BCUT2D eigenvalue weighted by molar-refractivity contribution is 6.14. The zero-order valence-electron chi connectivity index (χ0n) is 31.5. The number of hydrogen-bond acceptors (Lipinski definition) is 16. The zero-order chi connectivity index (χ0) is 42.6. The molecule has 1 aliphatic rings. The second kappa shape index (κ2) is 20.6. The highest BCUT2D eigenvalue weighted by Crippen LogP contribution is 2.30. The number of rotatable bonds is 18. The van der Waals surface area contributed by atoms with Gasteiger partial charge < -0.3 is 60.3 Å². The van der Waals surface area contributed by atoms with Crippen LogP contribution in [-0.2, 0) is 66.8 Å². The second-order valence-corrected chi connectivity index (χ2v) is 12.7. The van der Waals surface area contributed by atoms with E-state index in [-0.39, 0.29) is 11.3 Å². The molecule has 7 N–H and O–H groups in total. The van der Waals surface area contributed by atoms with Crippen LogP contribution in [0.15, 0.2) is 36.4 Å². The van der Waals surface area contributed by atoms with Crippen molar-refractivity contribution >= 4 is 70.0 Å². The number of benzene rings is 2. The molecule has 8 atom stereocenters. The van der Waals surface area contributed by atoms with Gasteiger partial charge >= 0.3 is 35.8 Å². The molecule has 2 aromatic rings. The number of carboxylic acids is 2. The number of carbonyl (C=O) groups excluding carboxylic acids is 7. The fourth-order valence-corrected chi connectivity index (χ4v) is 5.60. The van der Waals surface area contributed by atoms with Gasteiger partial charge in [0.2, 0.25) is 11.8 Å². The van der Waals surface area contributed by atoms with Gasteiger partial charge in [0, 0.05) is 34.1 Å². The number of esters is 4.